The van der Waals surface area contributed by atoms with Crippen LogP contribution in [0.1, 0.15) is 34.7 Å². The number of nitrogens with one attached hydrogen (secondary N) is 1. The van der Waals surface area contributed by atoms with Crippen molar-refractivity contribution in [2.24, 2.45) is 5.92 Å². The number of nitrogens with zero attached hydrogens (tertiary/aromatic N) is 1. The van der Waals surface area contributed by atoms with Gasteiger partial charge in [0.15, 0.2) is 0 Å². The second kappa shape index (κ2) is 7.13. The summed E-state index contributed by atoms with van der Waals surface area (Å²) in [5, 5.41) is 3.42. The summed E-state index contributed by atoms with van der Waals surface area (Å²) in [6, 6.07) is 8.57. The molecule has 2 bridgehead atoms. The molecule has 2 atom stereocenters. The summed E-state index contributed by atoms with van der Waals surface area (Å²) in [6.07, 6.45) is -3.24. The molecule has 2 aliphatic rings. The molecular weight excluding hydrogens is 357 g/mol. The lowest BCUT2D eigenvalue weighted by Gasteiger charge is -2.37. The fourth-order valence-electron chi connectivity index (χ4n) is 4.02. The van der Waals surface area contributed by atoms with E-state index in [4.69, 9.17) is 4.74 Å². The fraction of sp³-hybridized carbons (Fsp3) is 0.450. The van der Waals surface area contributed by atoms with E-state index < -0.39 is 11.7 Å². The SMILES string of the molecule is O=c1cc(COCc2ccc(C(F)(F)F)cc2)cc2n1CC1CNC[C@H]2C1. The fourth-order valence-corrected chi connectivity index (χ4v) is 4.02. The molecular formula is C20H21F3N2O2. The molecule has 0 radical (unpaired) electrons. The first-order valence-electron chi connectivity index (χ1n) is 9.08. The van der Waals surface area contributed by atoms with E-state index in [2.05, 4.69) is 5.32 Å². The Labute approximate surface area is 155 Å². The Hall–Kier alpha value is -2.12. The van der Waals surface area contributed by atoms with Crippen LogP contribution < -0.4 is 10.9 Å². The van der Waals surface area contributed by atoms with Gasteiger partial charge in [-0.05, 0) is 48.2 Å². The molecule has 2 aliphatic heterocycles. The molecule has 1 N–H and O–H groups in total. The number of benzene rings is 1. The zero-order chi connectivity index (χ0) is 19.0. The van der Waals surface area contributed by atoms with Gasteiger partial charge in [0, 0.05) is 30.8 Å². The number of aromatic nitrogens is 1. The van der Waals surface area contributed by atoms with Crippen LogP contribution in [0.5, 0.6) is 0 Å². The van der Waals surface area contributed by atoms with E-state index in [1.165, 1.54) is 12.1 Å². The number of hydrogen-bond donors (Lipinski definition) is 1. The highest BCUT2D eigenvalue weighted by Crippen LogP contribution is 2.32. The van der Waals surface area contributed by atoms with Gasteiger partial charge in [-0.2, -0.15) is 13.2 Å². The maximum atomic E-state index is 12.6. The molecule has 1 saturated heterocycles. The summed E-state index contributed by atoms with van der Waals surface area (Å²) in [7, 11) is 0. The first kappa shape index (κ1) is 18.3. The molecule has 3 heterocycles. The van der Waals surface area contributed by atoms with Crippen LogP contribution in [-0.2, 0) is 30.7 Å². The number of pyridine rings is 1. The van der Waals surface area contributed by atoms with E-state index in [-0.39, 0.29) is 18.8 Å². The van der Waals surface area contributed by atoms with Gasteiger partial charge in [0.1, 0.15) is 0 Å². The van der Waals surface area contributed by atoms with Gasteiger partial charge in [0.05, 0.1) is 18.8 Å². The van der Waals surface area contributed by atoms with Crippen LogP contribution in [0.2, 0.25) is 0 Å². The van der Waals surface area contributed by atoms with Crippen molar-refractivity contribution in [3.05, 3.63) is 69.1 Å². The van der Waals surface area contributed by atoms with Crippen molar-refractivity contribution in [1.82, 2.24) is 9.88 Å². The van der Waals surface area contributed by atoms with E-state index in [0.717, 1.165) is 49.4 Å². The maximum Gasteiger partial charge on any atom is 0.416 e. The Morgan fingerprint density at radius 2 is 1.81 bits per heavy atom. The van der Waals surface area contributed by atoms with Gasteiger partial charge in [-0.3, -0.25) is 4.79 Å². The molecule has 0 aliphatic carbocycles. The summed E-state index contributed by atoms with van der Waals surface area (Å²) < 4.78 is 45.3. The minimum atomic E-state index is -4.34. The molecule has 4 nitrogen and oxygen atoms in total. The summed E-state index contributed by atoms with van der Waals surface area (Å²) in [5.41, 5.74) is 1.85. The Kier molecular flexibility index (Phi) is 4.82. The monoisotopic (exact) mass is 378 g/mol. The first-order chi connectivity index (χ1) is 12.9. The first-order valence-corrected chi connectivity index (χ1v) is 9.08. The third-order valence-electron chi connectivity index (χ3n) is 5.34. The predicted octanol–water partition coefficient (Wildman–Crippen LogP) is 3.29. The average Bonchev–Trinajstić information content (AvgIpc) is 2.63. The molecule has 7 heteroatoms. The highest BCUT2D eigenvalue weighted by Gasteiger charge is 2.31. The number of halogens is 3. The van der Waals surface area contributed by atoms with E-state index in [9.17, 15) is 18.0 Å². The summed E-state index contributed by atoms with van der Waals surface area (Å²) in [5.74, 6) is 0.857. The molecule has 0 amide bonds. The Morgan fingerprint density at radius 1 is 1.07 bits per heavy atom. The zero-order valence-corrected chi connectivity index (χ0v) is 14.8. The molecule has 1 aromatic heterocycles. The second-order valence-electron chi connectivity index (χ2n) is 7.38. The van der Waals surface area contributed by atoms with E-state index in [1.54, 1.807) is 6.07 Å². The van der Waals surface area contributed by atoms with Gasteiger partial charge in [0.2, 0.25) is 0 Å². The van der Waals surface area contributed by atoms with Crippen molar-refractivity contribution in [2.75, 3.05) is 13.1 Å². The number of fused-ring (bicyclic) bond motifs is 4. The van der Waals surface area contributed by atoms with E-state index in [0.29, 0.717) is 17.4 Å². The van der Waals surface area contributed by atoms with Gasteiger partial charge < -0.3 is 14.6 Å². The lowest BCUT2D eigenvalue weighted by atomic mass is 9.84. The standard InChI is InChI=1S/C20H21F3N2O2/c21-20(22,23)17-3-1-13(2-4-17)11-27-12-14-6-18-16-5-15(8-24-9-16)10-25(18)19(26)7-14/h1-4,6-7,15-16,24H,5,8-12H2/t15?,16-/m1/s1. The van der Waals surface area contributed by atoms with Crippen LogP contribution in [0.4, 0.5) is 13.2 Å². The van der Waals surface area contributed by atoms with Gasteiger partial charge in [-0.1, -0.05) is 12.1 Å². The molecule has 1 aromatic carbocycles. The normalized spacial score (nSPS) is 21.7. The second-order valence-corrected chi connectivity index (χ2v) is 7.38. The van der Waals surface area contributed by atoms with Crippen LogP contribution >= 0.6 is 0 Å². The molecule has 1 fully saturated rings. The smallest absolute Gasteiger partial charge is 0.372 e. The van der Waals surface area contributed by atoms with Gasteiger partial charge in [-0.25, -0.2) is 0 Å². The van der Waals surface area contributed by atoms with Crippen LogP contribution in [0.25, 0.3) is 0 Å². The lowest BCUT2D eigenvalue weighted by Crippen LogP contribution is -2.45. The minimum absolute atomic E-state index is 0.00256. The van der Waals surface area contributed by atoms with Crippen LogP contribution in [0.3, 0.4) is 0 Å². The summed E-state index contributed by atoms with van der Waals surface area (Å²) in [4.78, 5) is 12.5. The third kappa shape index (κ3) is 3.94. The molecule has 0 saturated carbocycles. The van der Waals surface area contributed by atoms with E-state index >= 15 is 0 Å². The number of rotatable bonds is 4. The van der Waals surface area contributed by atoms with Crippen LogP contribution in [0.15, 0.2) is 41.2 Å². The molecule has 144 valence electrons. The van der Waals surface area contributed by atoms with Crippen molar-refractivity contribution in [2.45, 2.75) is 38.3 Å². The molecule has 2 aromatic rings. The quantitative estimate of drug-likeness (QED) is 0.888. The van der Waals surface area contributed by atoms with Crippen molar-refractivity contribution in [3.8, 4) is 0 Å². The Balaban J connectivity index is 1.42. The Morgan fingerprint density at radius 3 is 2.56 bits per heavy atom. The highest BCUT2D eigenvalue weighted by atomic mass is 19.4. The molecule has 4 rings (SSSR count). The minimum Gasteiger partial charge on any atom is -0.372 e. The largest absolute Gasteiger partial charge is 0.416 e. The van der Waals surface area contributed by atoms with Crippen molar-refractivity contribution in [3.63, 3.8) is 0 Å². The zero-order valence-electron chi connectivity index (χ0n) is 14.8. The number of alkyl halides is 3. The van der Waals surface area contributed by atoms with Crippen molar-refractivity contribution < 1.29 is 17.9 Å². The summed E-state index contributed by atoms with van der Waals surface area (Å²) in [6.45, 7) is 3.05. The Bertz CT molecular complexity index is 874. The highest BCUT2D eigenvalue weighted by molar-refractivity contribution is 5.25. The number of ether oxygens (including phenoxy) is 1. The average molecular weight is 378 g/mol. The van der Waals surface area contributed by atoms with Crippen molar-refractivity contribution in [1.29, 1.82) is 0 Å². The third-order valence-corrected chi connectivity index (χ3v) is 5.34. The predicted molar refractivity (Wildman–Crippen MR) is 94.4 cm³/mol. The number of piperidine rings is 1. The van der Waals surface area contributed by atoms with Crippen molar-refractivity contribution >= 4 is 0 Å². The van der Waals surface area contributed by atoms with Gasteiger partial charge >= 0.3 is 6.18 Å². The number of hydrogen-bond acceptors (Lipinski definition) is 3. The topological polar surface area (TPSA) is 43.3 Å². The van der Waals surface area contributed by atoms with Gasteiger partial charge in [0.25, 0.3) is 5.56 Å². The van der Waals surface area contributed by atoms with Gasteiger partial charge in [-0.15, -0.1) is 0 Å². The van der Waals surface area contributed by atoms with Crippen LogP contribution in [0, 0.1) is 5.92 Å². The molecule has 1 unspecified atom stereocenters. The molecule has 27 heavy (non-hydrogen) atoms. The maximum absolute atomic E-state index is 12.6. The molecule has 0 spiro atoms. The van der Waals surface area contributed by atoms with E-state index in [1.807, 2.05) is 10.6 Å². The lowest BCUT2D eigenvalue weighted by molar-refractivity contribution is -0.137. The van der Waals surface area contributed by atoms with Crippen LogP contribution in [-0.4, -0.2) is 17.7 Å². The summed E-state index contributed by atoms with van der Waals surface area (Å²) >= 11 is 0.